The summed E-state index contributed by atoms with van der Waals surface area (Å²) in [5.41, 5.74) is 3.43. The molecule has 0 aliphatic heterocycles. The van der Waals surface area contributed by atoms with E-state index < -0.39 is 0 Å². The Morgan fingerprint density at radius 2 is 1.10 bits per heavy atom. The Morgan fingerprint density at radius 1 is 0.561 bits per heavy atom. The van der Waals surface area contributed by atoms with Crippen LogP contribution in [0.25, 0.3) is 0 Å². The summed E-state index contributed by atoms with van der Waals surface area (Å²) in [7, 11) is 0. The molecule has 0 radical (unpaired) electrons. The third-order valence-corrected chi connectivity index (χ3v) is 16.1. The fourth-order valence-electron chi connectivity index (χ4n) is 12.7. The third kappa shape index (κ3) is 5.88. The molecule has 4 unspecified atom stereocenters. The van der Waals surface area contributed by atoms with Gasteiger partial charge in [-0.25, -0.2) is 0 Å². The molecule has 6 saturated carbocycles. The molecule has 1 N–H and O–H groups in total. The number of hydrogen-bond donors (Lipinski definition) is 1. The van der Waals surface area contributed by atoms with Gasteiger partial charge >= 0.3 is 0 Å². The highest BCUT2D eigenvalue weighted by molar-refractivity contribution is 5.09. The molecule has 6 aliphatic carbocycles. The zero-order valence-corrected chi connectivity index (χ0v) is 28.9. The Labute approximate surface area is 256 Å². The number of rotatable bonds is 7. The lowest BCUT2D eigenvalue weighted by molar-refractivity contribution is -0.0434. The van der Waals surface area contributed by atoms with Crippen molar-refractivity contribution in [3.8, 4) is 0 Å². The lowest BCUT2D eigenvalue weighted by Gasteiger charge is -2.54. The van der Waals surface area contributed by atoms with Crippen molar-refractivity contribution in [1.29, 1.82) is 0 Å². The van der Waals surface area contributed by atoms with E-state index >= 15 is 0 Å². The molecule has 3 spiro atoms. The average Bonchev–Trinajstić information content (AvgIpc) is 3.65. The van der Waals surface area contributed by atoms with Crippen molar-refractivity contribution in [3.63, 3.8) is 0 Å². The molecule has 0 aromatic carbocycles. The van der Waals surface area contributed by atoms with Crippen molar-refractivity contribution in [3.05, 3.63) is 0 Å². The third-order valence-electron chi connectivity index (χ3n) is 16.1. The second kappa shape index (κ2) is 11.1. The van der Waals surface area contributed by atoms with E-state index in [2.05, 4.69) is 53.8 Å². The van der Waals surface area contributed by atoms with Crippen molar-refractivity contribution in [2.45, 2.75) is 189 Å². The van der Waals surface area contributed by atoms with Crippen molar-refractivity contribution < 1.29 is 0 Å². The maximum atomic E-state index is 4.16. The van der Waals surface area contributed by atoms with Crippen LogP contribution < -0.4 is 5.32 Å². The highest BCUT2D eigenvalue weighted by Crippen LogP contribution is 2.68. The normalized spacial score (nSPS) is 35.5. The summed E-state index contributed by atoms with van der Waals surface area (Å²) in [6.07, 6.45) is 32.0. The first-order valence-corrected chi connectivity index (χ1v) is 19.0. The van der Waals surface area contributed by atoms with E-state index in [0.717, 1.165) is 35.0 Å². The molecule has 1 nitrogen and oxygen atoms in total. The van der Waals surface area contributed by atoms with Crippen LogP contribution in [-0.2, 0) is 0 Å². The standard InChI is InChI=1S/C40H71N/c1-35(2,3)32-28-34(40(29-32)20-10-11-21-40)33-27-31(15-24-39(33)18-8-9-19-39)36(4,5)25-26-41-37(6,7)30-13-22-38(23-14-30)16-12-17-38/h30-34,41H,8-29H2,1-7H3. The van der Waals surface area contributed by atoms with Crippen LogP contribution in [0.5, 0.6) is 0 Å². The van der Waals surface area contributed by atoms with Gasteiger partial charge in [-0.3, -0.25) is 0 Å². The van der Waals surface area contributed by atoms with Gasteiger partial charge in [0.05, 0.1) is 0 Å². The lowest BCUT2D eigenvalue weighted by Crippen LogP contribution is -2.50. The van der Waals surface area contributed by atoms with Crippen LogP contribution in [0.3, 0.4) is 0 Å². The first-order chi connectivity index (χ1) is 19.3. The second-order valence-corrected chi connectivity index (χ2v) is 19.8. The second-order valence-electron chi connectivity index (χ2n) is 19.8. The average molecular weight is 566 g/mol. The number of hydrogen-bond acceptors (Lipinski definition) is 1. The molecule has 0 aromatic heterocycles. The Bertz CT molecular complexity index is 876. The Kier molecular flexibility index (Phi) is 8.37. The molecule has 6 rings (SSSR count). The van der Waals surface area contributed by atoms with Gasteiger partial charge in [-0.1, -0.05) is 66.7 Å². The van der Waals surface area contributed by atoms with Gasteiger partial charge in [0.2, 0.25) is 0 Å². The van der Waals surface area contributed by atoms with E-state index in [4.69, 9.17) is 0 Å². The summed E-state index contributed by atoms with van der Waals surface area (Å²) in [6.45, 7) is 19.3. The summed E-state index contributed by atoms with van der Waals surface area (Å²) in [5, 5.41) is 4.16. The number of nitrogens with one attached hydrogen (secondary N) is 1. The van der Waals surface area contributed by atoms with Gasteiger partial charge in [0.25, 0.3) is 0 Å². The van der Waals surface area contributed by atoms with Gasteiger partial charge in [0.1, 0.15) is 0 Å². The van der Waals surface area contributed by atoms with Crippen LogP contribution in [0, 0.1) is 56.7 Å². The lowest BCUT2D eigenvalue weighted by atomic mass is 9.51. The Morgan fingerprint density at radius 3 is 1.66 bits per heavy atom. The van der Waals surface area contributed by atoms with E-state index in [0.29, 0.717) is 27.2 Å². The molecule has 236 valence electrons. The van der Waals surface area contributed by atoms with Gasteiger partial charge in [-0.05, 0) is 180 Å². The molecule has 1 heteroatoms. The minimum atomic E-state index is 0.297. The molecule has 41 heavy (non-hydrogen) atoms. The summed E-state index contributed by atoms with van der Waals surface area (Å²) in [5.74, 6) is 4.78. The van der Waals surface area contributed by atoms with E-state index in [1.165, 1.54) is 90.0 Å². The summed E-state index contributed by atoms with van der Waals surface area (Å²) in [6, 6.07) is 0. The minimum absolute atomic E-state index is 0.297. The highest BCUT2D eigenvalue weighted by atomic mass is 15.0. The van der Waals surface area contributed by atoms with Crippen molar-refractivity contribution in [2.75, 3.05) is 6.54 Å². The molecule has 0 bridgehead atoms. The van der Waals surface area contributed by atoms with E-state index in [9.17, 15) is 0 Å². The van der Waals surface area contributed by atoms with E-state index in [1.807, 2.05) is 0 Å². The summed E-state index contributed by atoms with van der Waals surface area (Å²) < 4.78 is 0. The molecule has 0 saturated heterocycles. The predicted octanol–water partition coefficient (Wildman–Crippen LogP) is 11.7. The molecule has 6 fully saturated rings. The van der Waals surface area contributed by atoms with Gasteiger partial charge < -0.3 is 5.32 Å². The van der Waals surface area contributed by atoms with Gasteiger partial charge in [-0.15, -0.1) is 0 Å². The van der Waals surface area contributed by atoms with Crippen LogP contribution in [0.4, 0.5) is 0 Å². The molecule has 0 aromatic rings. The van der Waals surface area contributed by atoms with Crippen molar-refractivity contribution in [1.82, 2.24) is 5.32 Å². The van der Waals surface area contributed by atoms with Crippen LogP contribution in [0.15, 0.2) is 0 Å². The monoisotopic (exact) mass is 566 g/mol. The van der Waals surface area contributed by atoms with Gasteiger partial charge in [0, 0.05) is 5.54 Å². The quantitative estimate of drug-likeness (QED) is 0.324. The molecule has 0 amide bonds. The zero-order chi connectivity index (χ0) is 29.2. The fraction of sp³-hybridized carbons (Fsp3) is 1.00. The highest BCUT2D eigenvalue weighted by Gasteiger charge is 2.59. The molecule has 6 aliphatic rings. The summed E-state index contributed by atoms with van der Waals surface area (Å²) in [4.78, 5) is 0. The molecule has 4 atom stereocenters. The molecular weight excluding hydrogens is 494 g/mol. The molecular formula is C40H71N. The minimum Gasteiger partial charge on any atom is -0.311 e. The van der Waals surface area contributed by atoms with Crippen LogP contribution in [0.1, 0.15) is 183 Å². The smallest absolute Gasteiger partial charge is 0.0153 e. The van der Waals surface area contributed by atoms with Gasteiger partial charge in [-0.2, -0.15) is 0 Å². The van der Waals surface area contributed by atoms with Crippen LogP contribution in [0.2, 0.25) is 0 Å². The molecule has 0 heterocycles. The zero-order valence-electron chi connectivity index (χ0n) is 28.9. The van der Waals surface area contributed by atoms with E-state index in [-0.39, 0.29) is 0 Å². The predicted molar refractivity (Wildman–Crippen MR) is 177 cm³/mol. The topological polar surface area (TPSA) is 12.0 Å². The SMILES string of the molecule is CC(C)(C)C1CC(C2CC(C(C)(C)CCNC(C)(C)C3CCC4(CCC4)CC3)CCC23CCCC3)C2(CCCC2)C1. The van der Waals surface area contributed by atoms with Crippen molar-refractivity contribution >= 4 is 0 Å². The fourth-order valence-corrected chi connectivity index (χ4v) is 12.7. The van der Waals surface area contributed by atoms with Crippen molar-refractivity contribution in [2.24, 2.45) is 56.7 Å². The van der Waals surface area contributed by atoms with Gasteiger partial charge in [0.15, 0.2) is 0 Å². The first kappa shape index (κ1) is 31.0. The first-order valence-electron chi connectivity index (χ1n) is 19.0. The Hall–Kier alpha value is -0.0400. The largest absolute Gasteiger partial charge is 0.311 e. The Balaban J connectivity index is 1.12. The maximum absolute atomic E-state index is 4.16. The maximum Gasteiger partial charge on any atom is 0.0153 e. The van der Waals surface area contributed by atoms with Crippen LogP contribution in [-0.4, -0.2) is 12.1 Å². The summed E-state index contributed by atoms with van der Waals surface area (Å²) >= 11 is 0. The van der Waals surface area contributed by atoms with Crippen LogP contribution >= 0.6 is 0 Å². The van der Waals surface area contributed by atoms with E-state index in [1.54, 1.807) is 51.4 Å².